The van der Waals surface area contributed by atoms with Crippen molar-refractivity contribution in [2.24, 2.45) is 5.10 Å². The van der Waals surface area contributed by atoms with Crippen molar-refractivity contribution in [2.75, 3.05) is 11.9 Å². The third-order valence-electron chi connectivity index (χ3n) is 3.15. The summed E-state index contributed by atoms with van der Waals surface area (Å²) in [5.41, 5.74) is 4.60. The summed E-state index contributed by atoms with van der Waals surface area (Å²) in [6, 6.07) is 13.9. The number of hydrogen-bond acceptors (Lipinski definition) is 4. The van der Waals surface area contributed by atoms with Gasteiger partial charge in [-0.05, 0) is 48.9 Å². The molecule has 0 aliphatic heterocycles. The molecule has 0 heterocycles. The number of rotatable bonds is 6. The number of carbonyl (C=O) groups excluding carboxylic acids is 2. The maximum atomic E-state index is 11.8. The molecule has 0 aliphatic carbocycles. The van der Waals surface area contributed by atoms with Crippen LogP contribution in [0.15, 0.2) is 53.6 Å². The number of hydrazone groups is 1. The lowest BCUT2D eigenvalue weighted by Crippen LogP contribution is -2.25. The molecule has 7 heteroatoms. The molecular formula is C18H18ClN3O3. The Hall–Kier alpha value is -2.86. The largest absolute Gasteiger partial charge is 0.484 e. The molecule has 0 atom stereocenters. The highest BCUT2D eigenvalue weighted by molar-refractivity contribution is 6.30. The second kappa shape index (κ2) is 8.84. The van der Waals surface area contributed by atoms with Crippen LogP contribution >= 0.6 is 11.6 Å². The highest BCUT2D eigenvalue weighted by Gasteiger charge is 2.04. The molecule has 0 fully saturated rings. The van der Waals surface area contributed by atoms with Gasteiger partial charge in [-0.1, -0.05) is 23.7 Å². The third kappa shape index (κ3) is 6.27. The van der Waals surface area contributed by atoms with E-state index in [-0.39, 0.29) is 18.4 Å². The summed E-state index contributed by atoms with van der Waals surface area (Å²) >= 11 is 5.78. The first-order chi connectivity index (χ1) is 11.9. The Morgan fingerprint density at radius 2 is 1.68 bits per heavy atom. The topological polar surface area (TPSA) is 79.8 Å². The van der Waals surface area contributed by atoms with E-state index in [2.05, 4.69) is 15.8 Å². The predicted octanol–water partition coefficient (Wildman–Crippen LogP) is 3.22. The number of anilines is 1. The molecule has 6 nitrogen and oxygen atoms in total. The molecule has 0 saturated carbocycles. The van der Waals surface area contributed by atoms with E-state index in [1.54, 1.807) is 55.5 Å². The lowest BCUT2D eigenvalue weighted by molar-refractivity contribution is -0.123. The van der Waals surface area contributed by atoms with Crippen molar-refractivity contribution < 1.29 is 14.3 Å². The number of nitrogens with one attached hydrogen (secondary N) is 2. The van der Waals surface area contributed by atoms with Gasteiger partial charge in [0.2, 0.25) is 5.91 Å². The van der Waals surface area contributed by atoms with Gasteiger partial charge in [-0.25, -0.2) is 5.43 Å². The Morgan fingerprint density at radius 1 is 1.04 bits per heavy atom. The summed E-state index contributed by atoms with van der Waals surface area (Å²) in [4.78, 5) is 22.8. The molecule has 25 heavy (non-hydrogen) atoms. The summed E-state index contributed by atoms with van der Waals surface area (Å²) in [7, 11) is 0. The van der Waals surface area contributed by atoms with Gasteiger partial charge in [-0.15, -0.1) is 0 Å². The van der Waals surface area contributed by atoms with Crippen molar-refractivity contribution in [1.82, 2.24) is 5.43 Å². The lowest BCUT2D eigenvalue weighted by Gasteiger charge is -2.07. The molecule has 0 radical (unpaired) electrons. The van der Waals surface area contributed by atoms with Crippen molar-refractivity contribution in [3.05, 3.63) is 59.1 Å². The van der Waals surface area contributed by atoms with Crippen molar-refractivity contribution in [2.45, 2.75) is 13.8 Å². The van der Waals surface area contributed by atoms with Crippen molar-refractivity contribution >= 4 is 34.8 Å². The van der Waals surface area contributed by atoms with Crippen molar-refractivity contribution in [3.8, 4) is 5.75 Å². The quantitative estimate of drug-likeness (QED) is 0.614. The van der Waals surface area contributed by atoms with E-state index in [1.807, 2.05) is 0 Å². The molecule has 2 rings (SSSR count). The fraction of sp³-hybridized carbons (Fsp3) is 0.167. The van der Waals surface area contributed by atoms with E-state index in [4.69, 9.17) is 16.3 Å². The van der Waals surface area contributed by atoms with Crippen LogP contribution in [0.1, 0.15) is 19.4 Å². The van der Waals surface area contributed by atoms with Crippen molar-refractivity contribution in [3.63, 3.8) is 0 Å². The Morgan fingerprint density at radius 3 is 2.28 bits per heavy atom. The Bertz CT molecular complexity index is 771. The molecule has 0 unspecified atom stereocenters. The lowest BCUT2D eigenvalue weighted by atomic mass is 10.1. The maximum absolute atomic E-state index is 11.8. The number of benzene rings is 2. The number of ether oxygens (including phenoxy) is 1. The van der Waals surface area contributed by atoms with Gasteiger partial charge in [0.15, 0.2) is 6.61 Å². The molecule has 2 amide bonds. The average molecular weight is 360 g/mol. The molecule has 0 spiro atoms. The highest BCUT2D eigenvalue weighted by Crippen LogP contribution is 2.15. The highest BCUT2D eigenvalue weighted by atomic mass is 35.5. The van der Waals surface area contributed by atoms with Crippen LogP contribution in [0.2, 0.25) is 5.02 Å². The maximum Gasteiger partial charge on any atom is 0.277 e. The van der Waals surface area contributed by atoms with E-state index in [9.17, 15) is 9.59 Å². The summed E-state index contributed by atoms with van der Waals surface area (Å²) in [5.74, 6) is 0.0454. The van der Waals surface area contributed by atoms with Crippen LogP contribution in [0.5, 0.6) is 5.75 Å². The molecule has 2 aromatic rings. The fourth-order valence-electron chi connectivity index (χ4n) is 1.92. The molecule has 130 valence electrons. The number of halogens is 1. The molecule has 2 aromatic carbocycles. The first-order valence-electron chi connectivity index (χ1n) is 7.53. The average Bonchev–Trinajstić information content (AvgIpc) is 2.59. The van der Waals surface area contributed by atoms with Crippen LogP contribution in [-0.2, 0) is 9.59 Å². The number of hydrogen-bond donors (Lipinski definition) is 2. The van der Waals surface area contributed by atoms with E-state index in [0.717, 1.165) is 5.56 Å². The van der Waals surface area contributed by atoms with E-state index in [1.165, 1.54) is 6.92 Å². The minimum absolute atomic E-state index is 0.133. The monoisotopic (exact) mass is 359 g/mol. The Labute approximate surface area is 150 Å². The molecule has 2 N–H and O–H groups in total. The molecule has 0 saturated heterocycles. The summed E-state index contributed by atoms with van der Waals surface area (Å²) in [6.07, 6.45) is 0. The Balaban J connectivity index is 1.86. The molecule has 0 aromatic heterocycles. The van der Waals surface area contributed by atoms with Gasteiger partial charge in [-0.2, -0.15) is 5.10 Å². The van der Waals surface area contributed by atoms with Crippen LogP contribution in [0, 0.1) is 0 Å². The zero-order valence-corrected chi connectivity index (χ0v) is 14.6. The molecular weight excluding hydrogens is 342 g/mol. The van der Waals surface area contributed by atoms with Gasteiger partial charge in [0.05, 0.1) is 5.71 Å². The van der Waals surface area contributed by atoms with E-state index >= 15 is 0 Å². The fourth-order valence-corrected chi connectivity index (χ4v) is 2.05. The second-order valence-electron chi connectivity index (χ2n) is 5.23. The SMILES string of the molecule is CC(=O)Nc1ccc(/C(C)=N\NC(=O)COc2ccc(Cl)cc2)cc1. The van der Waals surface area contributed by atoms with Crippen LogP contribution in [0.25, 0.3) is 0 Å². The van der Waals surface area contributed by atoms with Crippen LogP contribution in [0.4, 0.5) is 5.69 Å². The molecule has 0 bridgehead atoms. The second-order valence-corrected chi connectivity index (χ2v) is 5.67. The minimum Gasteiger partial charge on any atom is -0.484 e. The standard InChI is InChI=1S/C18H18ClN3O3/c1-12(14-3-7-16(8-4-14)20-13(2)23)21-22-18(24)11-25-17-9-5-15(19)6-10-17/h3-10H,11H2,1-2H3,(H,20,23)(H,22,24)/b21-12-. The zero-order valence-electron chi connectivity index (χ0n) is 13.9. The first kappa shape index (κ1) is 18.5. The predicted molar refractivity (Wildman–Crippen MR) is 98.0 cm³/mol. The van der Waals surface area contributed by atoms with Gasteiger partial charge in [0.25, 0.3) is 5.91 Å². The number of nitrogens with zero attached hydrogens (tertiary/aromatic N) is 1. The summed E-state index contributed by atoms with van der Waals surface area (Å²) < 4.78 is 5.33. The van der Waals surface area contributed by atoms with Crippen molar-refractivity contribution in [1.29, 1.82) is 0 Å². The van der Waals surface area contributed by atoms with Gasteiger partial charge < -0.3 is 10.1 Å². The zero-order chi connectivity index (χ0) is 18.2. The smallest absolute Gasteiger partial charge is 0.277 e. The van der Waals surface area contributed by atoms with Crippen LogP contribution in [-0.4, -0.2) is 24.1 Å². The van der Waals surface area contributed by atoms with Gasteiger partial charge in [0, 0.05) is 17.6 Å². The Kier molecular flexibility index (Phi) is 6.54. The van der Waals surface area contributed by atoms with Gasteiger partial charge in [0.1, 0.15) is 5.75 Å². The summed E-state index contributed by atoms with van der Waals surface area (Å²) in [5, 5.41) is 7.32. The minimum atomic E-state index is -0.371. The van der Waals surface area contributed by atoms with E-state index < -0.39 is 0 Å². The normalized spacial score (nSPS) is 10.9. The third-order valence-corrected chi connectivity index (χ3v) is 3.41. The number of amides is 2. The molecule has 0 aliphatic rings. The van der Waals surface area contributed by atoms with Crippen LogP contribution < -0.4 is 15.5 Å². The van der Waals surface area contributed by atoms with Gasteiger partial charge >= 0.3 is 0 Å². The summed E-state index contributed by atoms with van der Waals surface area (Å²) in [6.45, 7) is 3.07. The first-order valence-corrected chi connectivity index (χ1v) is 7.91. The number of carbonyl (C=O) groups is 2. The van der Waals surface area contributed by atoms with Gasteiger partial charge in [-0.3, -0.25) is 9.59 Å². The van der Waals surface area contributed by atoms with Crippen LogP contribution in [0.3, 0.4) is 0 Å². The van der Waals surface area contributed by atoms with E-state index in [0.29, 0.717) is 22.2 Å².